The zero-order valence-electron chi connectivity index (χ0n) is 19.4. The lowest BCUT2D eigenvalue weighted by atomic mass is 9.94. The normalized spacial score (nSPS) is 14.6. The maximum atomic E-state index is 13.5. The Kier molecular flexibility index (Phi) is 5.87. The van der Waals surface area contributed by atoms with Gasteiger partial charge in [-0.05, 0) is 36.8 Å². The van der Waals surface area contributed by atoms with Crippen LogP contribution in [-0.2, 0) is 4.79 Å². The number of nitrogens with one attached hydrogen (secondary N) is 2. The van der Waals surface area contributed by atoms with Crippen molar-refractivity contribution >= 4 is 23.2 Å². The first-order valence-corrected chi connectivity index (χ1v) is 11.0. The molecular weight excluding hydrogens is 462 g/mol. The van der Waals surface area contributed by atoms with E-state index >= 15 is 0 Å². The molecule has 0 fully saturated rings. The van der Waals surface area contributed by atoms with Crippen LogP contribution in [0.2, 0.25) is 0 Å². The first kappa shape index (κ1) is 22.7. The fourth-order valence-electron chi connectivity index (χ4n) is 4.14. The molecule has 180 valence electrons. The van der Waals surface area contributed by atoms with Gasteiger partial charge in [0.05, 0.1) is 35.1 Å². The standard InChI is InChI=1S/C25H21N7O4/c1-15-21(24(33)28-17-8-6-12-26-14-17)22(16-7-5-9-18(13-16)32(34)35)31-25(27-15)29-23(30-31)19-10-3-4-11-20(19)36-2/h3-14,22H,1-2H3,(H,28,33)(H,27,29,30). The maximum absolute atomic E-state index is 13.5. The predicted octanol–water partition coefficient (Wildman–Crippen LogP) is 4.18. The number of allylic oxidation sites excluding steroid dienone is 1. The van der Waals surface area contributed by atoms with Gasteiger partial charge in [0.25, 0.3) is 11.6 Å². The molecule has 2 aromatic carbocycles. The molecule has 1 aliphatic rings. The number of rotatable bonds is 6. The molecule has 0 aliphatic carbocycles. The van der Waals surface area contributed by atoms with E-state index in [4.69, 9.17) is 9.84 Å². The predicted molar refractivity (Wildman–Crippen MR) is 132 cm³/mol. The molecule has 2 aromatic heterocycles. The Balaban J connectivity index is 1.65. The first-order chi connectivity index (χ1) is 17.5. The number of carbonyl (C=O) groups is 1. The molecular formula is C25H21N7O4. The van der Waals surface area contributed by atoms with Crippen LogP contribution in [0.3, 0.4) is 0 Å². The van der Waals surface area contributed by atoms with Crippen molar-refractivity contribution in [3.8, 4) is 17.1 Å². The topological polar surface area (TPSA) is 137 Å². The Morgan fingerprint density at radius 3 is 2.75 bits per heavy atom. The van der Waals surface area contributed by atoms with Crippen LogP contribution in [0.25, 0.3) is 11.4 Å². The van der Waals surface area contributed by atoms with Gasteiger partial charge in [-0.15, -0.1) is 5.10 Å². The van der Waals surface area contributed by atoms with Crippen LogP contribution in [0.4, 0.5) is 17.3 Å². The summed E-state index contributed by atoms with van der Waals surface area (Å²) >= 11 is 0. The van der Waals surface area contributed by atoms with Crippen LogP contribution in [0.5, 0.6) is 5.75 Å². The van der Waals surface area contributed by atoms with E-state index in [1.165, 1.54) is 18.3 Å². The van der Waals surface area contributed by atoms with Crippen LogP contribution < -0.4 is 15.4 Å². The van der Waals surface area contributed by atoms with E-state index < -0.39 is 16.9 Å². The second kappa shape index (κ2) is 9.29. The highest BCUT2D eigenvalue weighted by Crippen LogP contribution is 2.38. The molecule has 0 spiro atoms. The van der Waals surface area contributed by atoms with Crippen LogP contribution in [0.15, 0.2) is 84.3 Å². The maximum Gasteiger partial charge on any atom is 0.269 e. The molecule has 11 heteroatoms. The highest BCUT2D eigenvalue weighted by molar-refractivity contribution is 6.06. The molecule has 2 N–H and O–H groups in total. The molecule has 36 heavy (non-hydrogen) atoms. The quantitative estimate of drug-likeness (QED) is 0.308. The fourth-order valence-corrected chi connectivity index (χ4v) is 4.14. The second-order valence-electron chi connectivity index (χ2n) is 8.02. The summed E-state index contributed by atoms with van der Waals surface area (Å²) in [6, 6.07) is 16.1. The van der Waals surface area contributed by atoms with Gasteiger partial charge >= 0.3 is 0 Å². The Hall–Kier alpha value is -5.06. The number of benzene rings is 2. The minimum atomic E-state index is -0.784. The second-order valence-corrected chi connectivity index (χ2v) is 8.02. The molecule has 1 amide bonds. The van der Waals surface area contributed by atoms with Crippen molar-refractivity contribution in [3.05, 3.63) is 100 Å². The molecule has 3 heterocycles. The minimum absolute atomic E-state index is 0.0951. The van der Waals surface area contributed by atoms with E-state index in [1.807, 2.05) is 18.2 Å². The number of nitro groups is 1. The fraction of sp³-hybridized carbons (Fsp3) is 0.120. The number of hydrogen-bond acceptors (Lipinski definition) is 8. The smallest absolute Gasteiger partial charge is 0.269 e. The Bertz CT molecular complexity index is 1500. The number of anilines is 2. The van der Waals surface area contributed by atoms with Crippen molar-refractivity contribution in [3.63, 3.8) is 0 Å². The molecule has 0 radical (unpaired) electrons. The first-order valence-electron chi connectivity index (χ1n) is 11.0. The van der Waals surface area contributed by atoms with Crippen molar-refractivity contribution in [2.24, 2.45) is 0 Å². The van der Waals surface area contributed by atoms with Gasteiger partial charge in [0.1, 0.15) is 11.8 Å². The van der Waals surface area contributed by atoms with Crippen LogP contribution in [-0.4, -0.2) is 37.7 Å². The van der Waals surface area contributed by atoms with Crippen LogP contribution >= 0.6 is 0 Å². The molecule has 5 rings (SSSR count). The van der Waals surface area contributed by atoms with Crippen molar-refractivity contribution < 1.29 is 14.5 Å². The van der Waals surface area contributed by atoms with Gasteiger partial charge < -0.3 is 15.4 Å². The molecule has 0 saturated heterocycles. The van der Waals surface area contributed by atoms with Crippen LogP contribution in [0.1, 0.15) is 18.5 Å². The number of hydrogen-bond donors (Lipinski definition) is 2. The third-order valence-corrected chi connectivity index (χ3v) is 5.76. The van der Waals surface area contributed by atoms with Gasteiger partial charge in [-0.2, -0.15) is 4.98 Å². The van der Waals surface area contributed by atoms with E-state index in [2.05, 4.69) is 20.6 Å². The number of para-hydroxylation sites is 1. The summed E-state index contributed by atoms with van der Waals surface area (Å²) in [5.41, 5.74) is 2.48. The summed E-state index contributed by atoms with van der Waals surface area (Å²) in [4.78, 5) is 33.2. The number of pyridine rings is 1. The van der Waals surface area contributed by atoms with Crippen LogP contribution in [0, 0.1) is 10.1 Å². The highest BCUT2D eigenvalue weighted by atomic mass is 16.6. The summed E-state index contributed by atoms with van der Waals surface area (Å²) in [5.74, 6) is 0.964. The Labute approximate surface area is 205 Å². The molecule has 1 atom stereocenters. The molecule has 11 nitrogen and oxygen atoms in total. The van der Waals surface area contributed by atoms with Gasteiger partial charge in [0.2, 0.25) is 5.95 Å². The lowest BCUT2D eigenvalue weighted by molar-refractivity contribution is -0.384. The van der Waals surface area contributed by atoms with Crippen molar-refractivity contribution in [2.45, 2.75) is 13.0 Å². The number of methoxy groups -OCH3 is 1. The van der Waals surface area contributed by atoms with Gasteiger partial charge in [-0.3, -0.25) is 19.9 Å². The van der Waals surface area contributed by atoms with Crippen molar-refractivity contribution in [1.82, 2.24) is 19.7 Å². The highest BCUT2D eigenvalue weighted by Gasteiger charge is 2.35. The number of amides is 1. The third-order valence-electron chi connectivity index (χ3n) is 5.76. The summed E-state index contributed by atoms with van der Waals surface area (Å²) in [6.45, 7) is 1.75. The number of nitrogens with zero attached hydrogens (tertiary/aromatic N) is 5. The molecule has 0 saturated carbocycles. The number of non-ortho nitro benzene ring substituents is 1. The summed E-state index contributed by atoms with van der Waals surface area (Å²) in [6.07, 6.45) is 3.14. The molecule has 0 bridgehead atoms. The number of carbonyl (C=O) groups excluding carboxylic acids is 1. The number of aromatic nitrogens is 4. The largest absolute Gasteiger partial charge is 0.496 e. The summed E-state index contributed by atoms with van der Waals surface area (Å²) < 4.78 is 7.03. The molecule has 4 aromatic rings. The van der Waals surface area contributed by atoms with Crippen molar-refractivity contribution in [1.29, 1.82) is 0 Å². The van der Waals surface area contributed by atoms with E-state index in [-0.39, 0.29) is 5.69 Å². The lowest BCUT2D eigenvalue weighted by Gasteiger charge is -2.28. The monoisotopic (exact) mass is 483 g/mol. The van der Waals surface area contributed by atoms with Gasteiger partial charge in [-0.25, -0.2) is 4.68 Å². The van der Waals surface area contributed by atoms with E-state index in [1.54, 1.807) is 55.2 Å². The molecule has 1 aliphatic heterocycles. The zero-order chi connectivity index (χ0) is 25.2. The zero-order valence-corrected chi connectivity index (χ0v) is 19.4. The van der Waals surface area contributed by atoms with Gasteiger partial charge in [0, 0.05) is 24.0 Å². The summed E-state index contributed by atoms with van der Waals surface area (Å²) in [5, 5.41) is 22.2. The molecule has 1 unspecified atom stereocenters. The SMILES string of the molecule is COc1ccccc1-c1nc2n(n1)C(c1cccc([N+](=O)[O-])c1)C(C(=O)Nc1cccnc1)=C(C)N2. The third kappa shape index (κ3) is 4.13. The Morgan fingerprint density at radius 2 is 2.00 bits per heavy atom. The Morgan fingerprint density at radius 1 is 1.17 bits per heavy atom. The summed E-state index contributed by atoms with van der Waals surface area (Å²) in [7, 11) is 1.56. The number of fused-ring (bicyclic) bond motifs is 1. The van der Waals surface area contributed by atoms with Gasteiger partial charge in [-0.1, -0.05) is 24.3 Å². The van der Waals surface area contributed by atoms with E-state index in [0.717, 1.165) is 0 Å². The average molecular weight is 483 g/mol. The number of ether oxygens (including phenoxy) is 1. The van der Waals surface area contributed by atoms with E-state index in [9.17, 15) is 14.9 Å². The minimum Gasteiger partial charge on any atom is -0.496 e. The average Bonchev–Trinajstić information content (AvgIpc) is 3.31. The van der Waals surface area contributed by atoms with Gasteiger partial charge in [0.15, 0.2) is 5.82 Å². The van der Waals surface area contributed by atoms with E-state index in [0.29, 0.717) is 45.6 Å². The van der Waals surface area contributed by atoms with Crippen molar-refractivity contribution in [2.75, 3.05) is 17.7 Å². The lowest BCUT2D eigenvalue weighted by Crippen LogP contribution is -2.31. The number of nitro benzene ring substituents is 1.